The Hall–Kier alpha value is -4.83. The maximum atomic E-state index is 12.7. The van der Waals surface area contributed by atoms with Gasteiger partial charge >= 0.3 is 6.16 Å². The van der Waals surface area contributed by atoms with E-state index in [0.29, 0.717) is 60.2 Å². The minimum absolute atomic E-state index is 0.225. The van der Waals surface area contributed by atoms with Crippen LogP contribution in [0.3, 0.4) is 0 Å². The quantitative estimate of drug-likeness (QED) is 0.228. The van der Waals surface area contributed by atoms with Crippen molar-refractivity contribution in [2.75, 3.05) is 20.3 Å². The topological polar surface area (TPSA) is 129 Å². The molecule has 1 atom stereocenters. The number of benzene rings is 2. The summed E-state index contributed by atoms with van der Waals surface area (Å²) in [4.78, 5) is 32.6. The fourth-order valence-corrected chi connectivity index (χ4v) is 4.53. The molecule has 0 saturated heterocycles. The van der Waals surface area contributed by atoms with Gasteiger partial charge in [-0.3, -0.25) is 9.78 Å². The van der Waals surface area contributed by atoms with E-state index >= 15 is 0 Å². The molecule has 11 heteroatoms. The van der Waals surface area contributed by atoms with Gasteiger partial charge in [-0.25, -0.2) is 9.78 Å². The SMILES string of the molecule is COc1ccc(-c2cccc(CCNC(=O)c3ccc(Oc4cc5c(cc4Cl)C(OC(=O)O)CCO5)cc3)n2)cn1. The minimum atomic E-state index is -1.36. The van der Waals surface area contributed by atoms with E-state index in [2.05, 4.69) is 15.3 Å². The number of nitrogens with zero attached hydrogens (tertiary/aromatic N) is 2. The molecule has 0 saturated carbocycles. The van der Waals surface area contributed by atoms with Gasteiger partial charge in [0.05, 0.1) is 24.4 Å². The fraction of sp³-hybridized carbons (Fsp3) is 0.200. The van der Waals surface area contributed by atoms with Crippen LogP contribution in [0.1, 0.15) is 34.1 Å². The predicted molar refractivity (Wildman–Crippen MR) is 150 cm³/mol. The molecule has 10 nitrogen and oxygen atoms in total. The number of fused-ring (bicyclic) bond motifs is 1. The summed E-state index contributed by atoms with van der Waals surface area (Å²) in [5.74, 6) is 1.55. The maximum absolute atomic E-state index is 12.7. The molecule has 3 heterocycles. The number of rotatable bonds is 9. The van der Waals surface area contributed by atoms with Crippen LogP contribution in [0, 0.1) is 0 Å². The second kappa shape index (κ2) is 12.6. The van der Waals surface area contributed by atoms with Gasteiger partial charge in [-0.15, -0.1) is 0 Å². The molecule has 1 amide bonds. The zero-order chi connectivity index (χ0) is 28.8. The number of nitrogens with one attached hydrogen (secondary N) is 1. The van der Waals surface area contributed by atoms with Crippen LogP contribution in [0.2, 0.25) is 5.02 Å². The number of methoxy groups -OCH3 is 1. The smallest absolute Gasteiger partial charge is 0.493 e. The number of halogens is 1. The number of amides is 1. The van der Waals surface area contributed by atoms with Crippen molar-refractivity contribution in [3.63, 3.8) is 0 Å². The molecule has 0 fully saturated rings. The van der Waals surface area contributed by atoms with E-state index in [1.165, 1.54) is 0 Å². The molecular formula is C30H26ClN3O7. The van der Waals surface area contributed by atoms with Gasteiger partial charge < -0.3 is 29.4 Å². The number of aromatic nitrogens is 2. The zero-order valence-corrected chi connectivity index (χ0v) is 22.8. The molecule has 5 rings (SSSR count). The third-order valence-corrected chi connectivity index (χ3v) is 6.65. The van der Waals surface area contributed by atoms with Crippen molar-refractivity contribution in [1.82, 2.24) is 15.3 Å². The Morgan fingerprint density at radius 3 is 2.68 bits per heavy atom. The third-order valence-electron chi connectivity index (χ3n) is 6.35. The molecule has 2 aromatic heterocycles. The number of pyridine rings is 2. The van der Waals surface area contributed by atoms with E-state index in [1.807, 2.05) is 24.3 Å². The standard InChI is InChI=1S/C30H26ClN3O7/c1-38-28-10-7-19(17-33-28)24-4-2-3-20(34-24)11-13-32-29(35)18-5-8-21(9-6-18)40-27-16-26-22(15-23(27)31)25(12-14-39-26)41-30(36)37/h2-10,15-17,25H,11-14H2,1H3,(H,32,35)(H,36,37). The Labute approximate surface area is 240 Å². The van der Waals surface area contributed by atoms with Crippen LogP contribution in [-0.4, -0.2) is 47.4 Å². The highest BCUT2D eigenvalue weighted by Gasteiger charge is 2.27. The van der Waals surface area contributed by atoms with Gasteiger partial charge in [0.1, 0.15) is 23.4 Å². The maximum Gasteiger partial charge on any atom is 0.506 e. The van der Waals surface area contributed by atoms with E-state index in [1.54, 1.807) is 55.8 Å². The summed E-state index contributed by atoms with van der Waals surface area (Å²) in [7, 11) is 1.57. The molecule has 0 aliphatic carbocycles. The highest BCUT2D eigenvalue weighted by Crippen LogP contribution is 2.42. The van der Waals surface area contributed by atoms with Crippen LogP contribution >= 0.6 is 11.6 Å². The molecule has 2 N–H and O–H groups in total. The molecule has 0 bridgehead atoms. The Morgan fingerprint density at radius 2 is 1.95 bits per heavy atom. The summed E-state index contributed by atoms with van der Waals surface area (Å²) in [6, 6.07) is 19.2. The first-order valence-electron chi connectivity index (χ1n) is 12.8. The van der Waals surface area contributed by atoms with Crippen molar-refractivity contribution in [2.45, 2.75) is 18.9 Å². The number of hydrogen-bond acceptors (Lipinski definition) is 8. The second-order valence-corrected chi connectivity index (χ2v) is 9.47. The first-order valence-corrected chi connectivity index (χ1v) is 13.2. The number of carboxylic acid groups (broad SMARTS) is 1. The Kier molecular flexibility index (Phi) is 8.50. The Balaban J connectivity index is 1.16. The lowest BCUT2D eigenvalue weighted by molar-refractivity contribution is 0.0326. The van der Waals surface area contributed by atoms with Crippen molar-refractivity contribution in [3.05, 3.63) is 94.8 Å². The van der Waals surface area contributed by atoms with Crippen LogP contribution < -0.4 is 19.5 Å². The average Bonchev–Trinajstić information content (AvgIpc) is 2.98. The van der Waals surface area contributed by atoms with Crippen LogP contribution in [0.4, 0.5) is 4.79 Å². The number of carbonyl (C=O) groups excluding carboxylic acids is 1. The summed E-state index contributed by atoms with van der Waals surface area (Å²) in [6.45, 7) is 0.712. The Bertz CT molecular complexity index is 1550. The van der Waals surface area contributed by atoms with Crippen LogP contribution in [0.5, 0.6) is 23.1 Å². The van der Waals surface area contributed by atoms with Crippen molar-refractivity contribution in [2.24, 2.45) is 0 Å². The minimum Gasteiger partial charge on any atom is -0.493 e. The number of ether oxygens (including phenoxy) is 4. The molecule has 2 aromatic carbocycles. The normalized spacial score (nSPS) is 13.9. The van der Waals surface area contributed by atoms with Crippen molar-refractivity contribution in [3.8, 4) is 34.4 Å². The molecule has 1 aliphatic rings. The van der Waals surface area contributed by atoms with E-state index in [-0.39, 0.29) is 10.9 Å². The van der Waals surface area contributed by atoms with Gasteiger partial charge in [-0.1, -0.05) is 17.7 Å². The second-order valence-electron chi connectivity index (χ2n) is 9.07. The van der Waals surface area contributed by atoms with E-state index in [9.17, 15) is 9.59 Å². The monoisotopic (exact) mass is 575 g/mol. The van der Waals surface area contributed by atoms with E-state index in [0.717, 1.165) is 17.0 Å². The molecule has 4 aromatic rings. The molecule has 1 aliphatic heterocycles. The van der Waals surface area contributed by atoms with Crippen LogP contribution in [-0.2, 0) is 11.2 Å². The molecule has 1 unspecified atom stereocenters. The summed E-state index contributed by atoms with van der Waals surface area (Å²) < 4.78 is 21.6. The first kappa shape index (κ1) is 27.7. The summed E-state index contributed by atoms with van der Waals surface area (Å²) >= 11 is 6.40. The van der Waals surface area contributed by atoms with Crippen LogP contribution in [0.15, 0.2) is 72.9 Å². The van der Waals surface area contributed by atoms with Gasteiger partial charge in [-0.05, 0) is 48.5 Å². The zero-order valence-electron chi connectivity index (χ0n) is 22.0. The van der Waals surface area contributed by atoms with Crippen molar-refractivity contribution < 1.29 is 33.6 Å². The lowest BCUT2D eigenvalue weighted by Crippen LogP contribution is -2.25. The molecule has 210 valence electrons. The third kappa shape index (κ3) is 6.85. The molecular weight excluding hydrogens is 550 g/mol. The van der Waals surface area contributed by atoms with Crippen molar-refractivity contribution >= 4 is 23.7 Å². The Morgan fingerprint density at radius 1 is 1.12 bits per heavy atom. The highest BCUT2D eigenvalue weighted by atomic mass is 35.5. The first-order chi connectivity index (χ1) is 19.9. The highest BCUT2D eigenvalue weighted by molar-refractivity contribution is 6.32. The summed E-state index contributed by atoms with van der Waals surface area (Å²) in [5.41, 5.74) is 3.52. The largest absolute Gasteiger partial charge is 0.506 e. The van der Waals surface area contributed by atoms with Gasteiger partial charge in [0.25, 0.3) is 5.91 Å². The van der Waals surface area contributed by atoms with Gasteiger partial charge in [0, 0.05) is 60.1 Å². The van der Waals surface area contributed by atoms with E-state index < -0.39 is 12.3 Å². The summed E-state index contributed by atoms with van der Waals surface area (Å²) in [5, 5.41) is 12.2. The molecule has 41 heavy (non-hydrogen) atoms. The molecule has 0 spiro atoms. The van der Waals surface area contributed by atoms with Gasteiger partial charge in [0.15, 0.2) is 0 Å². The average molecular weight is 576 g/mol. The lowest BCUT2D eigenvalue weighted by Gasteiger charge is -2.25. The van der Waals surface area contributed by atoms with Crippen molar-refractivity contribution in [1.29, 1.82) is 0 Å². The predicted octanol–water partition coefficient (Wildman–Crippen LogP) is 6.09. The fourth-order valence-electron chi connectivity index (χ4n) is 4.32. The van der Waals surface area contributed by atoms with E-state index in [4.69, 9.17) is 35.7 Å². The van der Waals surface area contributed by atoms with Crippen LogP contribution in [0.25, 0.3) is 11.3 Å². The lowest BCUT2D eigenvalue weighted by atomic mass is 10.0. The number of hydrogen-bond donors (Lipinski definition) is 2. The van der Waals surface area contributed by atoms with Gasteiger partial charge in [0.2, 0.25) is 5.88 Å². The summed E-state index contributed by atoms with van der Waals surface area (Å²) in [6.07, 6.45) is 0.633. The van der Waals surface area contributed by atoms with Gasteiger partial charge in [-0.2, -0.15) is 0 Å². The number of carbonyl (C=O) groups is 2. The molecule has 0 radical (unpaired) electrons.